The first-order valence-corrected chi connectivity index (χ1v) is 40.6. The highest BCUT2D eigenvalue weighted by molar-refractivity contribution is 5.76. The Morgan fingerprint density at radius 1 is 0.391 bits per heavy atom. The van der Waals surface area contributed by atoms with Gasteiger partial charge < -0.3 is 45.1 Å². The van der Waals surface area contributed by atoms with Gasteiger partial charge >= 0.3 is 5.97 Å². The van der Waals surface area contributed by atoms with Crippen LogP contribution in [0.3, 0.4) is 0 Å². The van der Waals surface area contributed by atoms with Crippen molar-refractivity contribution in [2.24, 2.45) is 0 Å². The van der Waals surface area contributed by atoms with Gasteiger partial charge in [-0.2, -0.15) is 0 Å². The third-order valence-electron chi connectivity index (χ3n) is 19.6. The summed E-state index contributed by atoms with van der Waals surface area (Å²) >= 11 is 0. The summed E-state index contributed by atoms with van der Waals surface area (Å²) in [6.07, 6.45) is 80.7. The number of carbonyl (C=O) groups is 2. The maximum absolute atomic E-state index is 13.1. The molecule has 92 heavy (non-hydrogen) atoms. The SMILES string of the molecule is CCCCCCCCCCCCC/C=C/C(O)C(COC1OC(CO)C(O)C(O)C1O)NC(=O)CCCCCCCCCCCCCCCCCCC/C=C\CCCCCCCCCCCCCCCCCCCCOC(=O)CCCCCCCCCCCCCC. The average Bonchev–Trinajstić information content (AvgIpc) is 0.990. The molecular weight excluding hydrogens is 1150 g/mol. The van der Waals surface area contributed by atoms with Crippen molar-refractivity contribution >= 4 is 11.9 Å². The largest absolute Gasteiger partial charge is 0.466 e. The quantitative estimate of drug-likeness (QED) is 0.0195. The minimum atomic E-state index is -1.57. The van der Waals surface area contributed by atoms with Crippen LogP contribution in [0.15, 0.2) is 24.3 Å². The molecule has 0 aromatic carbocycles. The Hall–Kier alpha value is -1.86. The summed E-state index contributed by atoms with van der Waals surface area (Å²) in [4.78, 5) is 25.1. The molecule has 7 unspecified atom stereocenters. The molecular formula is C81H155NO10. The Labute approximate surface area is 569 Å². The van der Waals surface area contributed by atoms with E-state index in [0.717, 1.165) is 51.4 Å². The number of hydrogen-bond acceptors (Lipinski definition) is 10. The van der Waals surface area contributed by atoms with Crippen molar-refractivity contribution in [3.05, 3.63) is 24.3 Å². The van der Waals surface area contributed by atoms with Crippen molar-refractivity contribution in [1.29, 1.82) is 0 Å². The third-order valence-corrected chi connectivity index (χ3v) is 19.6. The normalized spacial score (nSPS) is 17.6. The van der Waals surface area contributed by atoms with Gasteiger partial charge in [0.05, 0.1) is 32.0 Å². The number of amides is 1. The average molecular weight is 1300 g/mol. The fraction of sp³-hybridized carbons (Fsp3) is 0.926. The van der Waals surface area contributed by atoms with Crippen LogP contribution in [0, 0.1) is 0 Å². The summed E-state index contributed by atoms with van der Waals surface area (Å²) in [6, 6.07) is -0.806. The standard InChI is InChI=1S/C81H155NO10/c1-3-5-7-9-11-13-15-44-47-51-55-59-63-67-74(84)73(72-91-81-80(89)79(88)78(87)75(71-83)92-81)82-76(85)68-64-60-56-52-48-45-42-40-38-36-34-32-30-28-26-24-22-20-18-17-19-21-23-25-27-29-31-33-35-37-39-41-43-46-50-54-58-62-66-70-90-77(86)69-65-61-57-53-49-16-14-12-10-8-6-4-2/h17-18,63,67,73-75,78-81,83-84,87-89H,3-16,19-62,64-66,68-72H2,1-2H3,(H,82,85)/b18-17-,67-63+. The number of ether oxygens (including phenoxy) is 3. The summed E-state index contributed by atoms with van der Waals surface area (Å²) in [6.45, 7) is 4.40. The van der Waals surface area contributed by atoms with Crippen molar-refractivity contribution in [3.63, 3.8) is 0 Å². The number of allylic oxidation sites excluding steroid dienone is 3. The minimum absolute atomic E-state index is 0.0183. The molecule has 0 aliphatic carbocycles. The molecule has 0 spiro atoms. The zero-order chi connectivity index (χ0) is 66.5. The predicted octanol–water partition coefficient (Wildman–Crippen LogP) is 21.9. The predicted molar refractivity (Wildman–Crippen MR) is 389 cm³/mol. The van der Waals surface area contributed by atoms with Gasteiger partial charge in [-0.1, -0.05) is 372 Å². The number of aliphatic hydroxyl groups excluding tert-OH is 5. The van der Waals surface area contributed by atoms with Gasteiger partial charge in [0.1, 0.15) is 24.4 Å². The number of aliphatic hydroxyl groups is 5. The van der Waals surface area contributed by atoms with Crippen LogP contribution in [-0.2, 0) is 23.8 Å². The van der Waals surface area contributed by atoms with Crippen LogP contribution in [-0.4, -0.2) is 100 Å². The summed E-state index contributed by atoms with van der Waals surface area (Å²) in [5, 5.41) is 54.6. The fourth-order valence-electron chi connectivity index (χ4n) is 13.2. The van der Waals surface area contributed by atoms with E-state index < -0.39 is 49.5 Å². The van der Waals surface area contributed by atoms with Crippen LogP contribution >= 0.6 is 0 Å². The molecule has 0 aromatic rings. The van der Waals surface area contributed by atoms with Gasteiger partial charge in [0.15, 0.2) is 6.29 Å². The zero-order valence-corrected chi connectivity index (χ0v) is 60.8. The fourth-order valence-corrected chi connectivity index (χ4v) is 13.2. The van der Waals surface area contributed by atoms with Gasteiger partial charge in [-0.25, -0.2) is 0 Å². The Kier molecular flexibility index (Phi) is 67.5. The molecule has 0 radical (unpaired) electrons. The summed E-state index contributed by atoms with van der Waals surface area (Å²) in [7, 11) is 0. The smallest absolute Gasteiger partial charge is 0.305 e. The van der Waals surface area contributed by atoms with E-state index in [9.17, 15) is 35.1 Å². The van der Waals surface area contributed by atoms with Crippen LogP contribution in [0.1, 0.15) is 418 Å². The number of nitrogens with one attached hydrogen (secondary N) is 1. The van der Waals surface area contributed by atoms with Crippen molar-refractivity contribution < 1.29 is 49.3 Å². The van der Waals surface area contributed by atoms with E-state index in [2.05, 4.69) is 31.3 Å². The summed E-state index contributed by atoms with van der Waals surface area (Å²) < 4.78 is 16.8. The first kappa shape index (κ1) is 88.2. The van der Waals surface area contributed by atoms with E-state index in [-0.39, 0.29) is 18.5 Å². The van der Waals surface area contributed by atoms with Gasteiger partial charge in [0.2, 0.25) is 5.91 Å². The van der Waals surface area contributed by atoms with E-state index in [1.54, 1.807) is 6.08 Å². The van der Waals surface area contributed by atoms with Crippen LogP contribution < -0.4 is 5.32 Å². The number of rotatable bonds is 73. The topological polar surface area (TPSA) is 175 Å². The second kappa shape index (κ2) is 70.5. The molecule has 6 N–H and O–H groups in total. The number of esters is 1. The Balaban J connectivity index is 1.89. The Bertz CT molecular complexity index is 1580. The van der Waals surface area contributed by atoms with Crippen LogP contribution in [0.4, 0.5) is 0 Å². The highest BCUT2D eigenvalue weighted by Gasteiger charge is 2.44. The lowest BCUT2D eigenvalue weighted by Gasteiger charge is -2.40. The Morgan fingerprint density at radius 2 is 0.696 bits per heavy atom. The van der Waals surface area contributed by atoms with Crippen LogP contribution in [0.5, 0.6) is 0 Å². The monoisotopic (exact) mass is 1300 g/mol. The summed E-state index contributed by atoms with van der Waals surface area (Å²) in [5.74, 6) is -0.156. The van der Waals surface area contributed by atoms with Gasteiger partial charge in [-0.15, -0.1) is 0 Å². The van der Waals surface area contributed by atoms with Crippen LogP contribution in [0.2, 0.25) is 0 Å². The van der Waals surface area contributed by atoms with E-state index in [1.165, 1.54) is 340 Å². The van der Waals surface area contributed by atoms with Gasteiger partial charge in [0, 0.05) is 12.8 Å². The lowest BCUT2D eigenvalue weighted by atomic mass is 9.99. The van der Waals surface area contributed by atoms with Gasteiger partial charge in [-0.3, -0.25) is 9.59 Å². The molecule has 1 rings (SSSR count). The van der Waals surface area contributed by atoms with Crippen molar-refractivity contribution in [3.8, 4) is 0 Å². The molecule has 1 aliphatic heterocycles. The molecule has 1 fully saturated rings. The molecule has 544 valence electrons. The number of carbonyl (C=O) groups excluding carboxylic acids is 2. The molecule has 0 aromatic heterocycles. The first-order valence-electron chi connectivity index (χ1n) is 40.6. The molecule has 11 nitrogen and oxygen atoms in total. The molecule has 11 heteroatoms. The minimum Gasteiger partial charge on any atom is -0.466 e. The molecule has 7 atom stereocenters. The van der Waals surface area contributed by atoms with Crippen LogP contribution in [0.25, 0.3) is 0 Å². The van der Waals surface area contributed by atoms with Crippen molar-refractivity contribution in [2.75, 3.05) is 19.8 Å². The van der Waals surface area contributed by atoms with E-state index in [0.29, 0.717) is 19.4 Å². The maximum atomic E-state index is 13.1. The van der Waals surface area contributed by atoms with E-state index in [4.69, 9.17) is 14.2 Å². The highest BCUT2D eigenvalue weighted by Crippen LogP contribution is 2.24. The molecule has 1 saturated heterocycles. The molecule has 0 bridgehead atoms. The number of hydrogen-bond donors (Lipinski definition) is 6. The van der Waals surface area contributed by atoms with Crippen molar-refractivity contribution in [2.45, 2.75) is 461 Å². The van der Waals surface area contributed by atoms with Gasteiger partial charge in [0.25, 0.3) is 0 Å². The summed E-state index contributed by atoms with van der Waals surface area (Å²) in [5.41, 5.74) is 0. The van der Waals surface area contributed by atoms with Crippen molar-refractivity contribution in [1.82, 2.24) is 5.32 Å². The second-order valence-corrected chi connectivity index (χ2v) is 28.5. The van der Waals surface area contributed by atoms with Gasteiger partial charge in [-0.05, 0) is 57.8 Å². The molecule has 1 aliphatic rings. The third kappa shape index (κ3) is 58.3. The molecule has 1 amide bonds. The lowest BCUT2D eigenvalue weighted by Crippen LogP contribution is -2.60. The second-order valence-electron chi connectivity index (χ2n) is 28.5. The highest BCUT2D eigenvalue weighted by atomic mass is 16.7. The maximum Gasteiger partial charge on any atom is 0.305 e. The van der Waals surface area contributed by atoms with E-state index >= 15 is 0 Å². The number of unbranched alkanes of at least 4 members (excludes halogenated alkanes) is 57. The lowest BCUT2D eigenvalue weighted by molar-refractivity contribution is -0.302. The molecule has 0 saturated carbocycles. The Morgan fingerprint density at radius 3 is 1.04 bits per heavy atom. The molecule has 1 heterocycles. The zero-order valence-electron chi connectivity index (χ0n) is 60.8. The van der Waals surface area contributed by atoms with E-state index in [1.807, 2.05) is 6.08 Å². The first-order chi connectivity index (χ1) is 45.2.